The minimum Gasteiger partial charge on any atom is -0.497 e. The summed E-state index contributed by atoms with van der Waals surface area (Å²) in [4.78, 5) is 15.0. The molecule has 1 unspecified atom stereocenters. The summed E-state index contributed by atoms with van der Waals surface area (Å²) in [6.07, 6.45) is 6.67. The predicted molar refractivity (Wildman–Crippen MR) is 130 cm³/mol. The van der Waals surface area contributed by atoms with Gasteiger partial charge in [0, 0.05) is 32.1 Å². The molecule has 1 aromatic heterocycles. The average Bonchev–Trinajstić information content (AvgIpc) is 3.23. The van der Waals surface area contributed by atoms with Gasteiger partial charge in [-0.25, -0.2) is 8.42 Å². The first-order valence-corrected chi connectivity index (χ1v) is 13.3. The van der Waals surface area contributed by atoms with Crippen LogP contribution < -0.4 is 4.74 Å². The summed E-state index contributed by atoms with van der Waals surface area (Å²) >= 11 is 0. The second-order valence-electron chi connectivity index (χ2n) is 9.28. The number of sulfonamides is 1. The van der Waals surface area contributed by atoms with Crippen LogP contribution in [-0.4, -0.2) is 62.0 Å². The molecule has 4 rings (SSSR count). The Morgan fingerprint density at radius 3 is 2.47 bits per heavy atom. The summed E-state index contributed by atoms with van der Waals surface area (Å²) in [5.74, 6) is 1.53. The number of hydrogen-bond donors (Lipinski definition) is 0. The monoisotopic (exact) mass is 487 g/mol. The van der Waals surface area contributed by atoms with Crippen LogP contribution in [0.2, 0.25) is 0 Å². The quantitative estimate of drug-likeness (QED) is 0.615. The largest absolute Gasteiger partial charge is 0.497 e. The summed E-state index contributed by atoms with van der Waals surface area (Å²) in [6, 6.07) is 7.41. The lowest BCUT2D eigenvalue weighted by atomic mass is 9.93. The number of hydrogen-bond acceptors (Lipinski definition) is 6. The standard InChI is InChI=1S/C25H33N3O5S/c1-18-5-4-14-27(17-18)25(29)21-12-15-28(16-13-21)34(30,31)24-19(2)26-33-23(24)11-8-20-6-9-22(32-3)10-7-20/h6-11,18,21H,4-5,12-17H2,1-3H3/b11-8-. The average molecular weight is 488 g/mol. The molecule has 2 aliphatic heterocycles. The van der Waals surface area contributed by atoms with Crippen molar-refractivity contribution in [2.24, 2.45) is 11.8 Å². The van der Waals surface area contributed by atoms with Crippen LogP contribution in [0.4, 0.5) is 0 Å². The van der Waals surface area contributed by atoms with Gasteiger partial charge in [0.05, 0.1) is 7.11 Å². The van der Waals surface area contributed by atoms with Crippen molar-refractivity contribution in [2.75, 3.05) is 33.3 Å². The number of carbonyl (C=O) groups excluding carboxylic acids is 1. The number of aromatic nitrogens is 1. The zero-order valence-corrected chi connectivity index (χ0v) is 20.9. The number of ether oxygens (including phenoxy) is 1. The van der Waals surface area contributed by atoms with Gasteiger partial charge in [0.2, 0.25) is 15.9 Å². The number of nitrogens with zero attached hydrogens (tertiary/aromatic N) is 3. The Kier molecular flexibility index (Phi) is 7.42. The van der Waals surface area contributed by atoms with E-state index in [0.29, 0.717) is 37.5 Å². The van der Waals surface area contributed by atoms with Crippen molar-refractivity contribution < 1.29 is 22.5 Å². The lowest BCUT2D eigenvalue weighted by Gasteiger charge is -2.36. The van der Waals surface area contributed by atoms with Crippen molar-refractivity contribution in [3.8, 4) is 5.75 Å². The molecule has 9 heteroatoms. The molecule has 1 amide bonds. The molecule has 0 N–H and O–H groups in total. The summed E-state index contributed by atoms with van der Waals surface area (Å²) in [6.45, 7) is 6.06. The van der Waals surface area contributed by atoms with Gasteiger partial charge in [0.1, 0.15) is 11.4 Å². The number of amides is 1. The van der Waals surface area contributed by atoms with E-state index in [-0.39, 0.29) is 22.5 Å². The number of carbonyl (C=O) groups is 1. The van der Waals surface area contributed by atoms with Crippen LogP contribution in [0.5, 0.6) is 5.75 Å². The van der Waals surface area contributed by atoms with E-state index in [1.165, 1.54) is 4.31 Å². The number of benzene rings is 1. The van der Waals surface area contributed by atoms with Crippen LogP contribution in [0.15, 0.2) is 33.7 Å². The van der Waals surface area contributed by atoms with Crippen LogP contribution in [-0.2, 0) is 14.8 Å². The predicted octanol–water partition coefficient (Wildman–Crippen LogP) is 3.82. The Balaban J connectivity index is 1.45. The summed E-state index contributed by atoms with van der Waals surface area (Å²) in [5, 5.41) is 3.92. The second kappa shape index (κ2) is 10.3. The minimum absolute atomic E-state index is 0.0897. The van der Waals surface area contributed by atoms with Gasteiger partial charge in [-0.15, -0.1) is 0 Å². The Morgan fingerprint density at radius 2 is 1.82 bits per heavy atom. The van der Waals surface area contributed by atoms with E-state index in [1.54, 1.807) is 26.2 Å². The Bertz CT molecular complexity index is 1130. The third-order valence-electron chi connectivity index (χ3n) is 6.75. The number of likely N-dealkylation sites (tertiary alicyclic amines) is 1. The molecule has 2 saturated heterocycles. The smallest absolute Gasteiger partial charge is 0.248 e. The molecule has 2 aliphatic rings. The maximum absolute atomic E-state index is 13.5. The molecule has 34 heavy (non-hydrogen) atoms. The van der Waals surface area contributed by atoms with E-state index < -0.39 is 10.0 Å². The van der Waals surface area contributed by atoms with Gasteiger partial charge in [-0.2, -0.15) is 4.31 Å². The van der Waals surface area contributed by atoms with Crippen LogP contribution in [0.1, 0.15) is 49.6 Å². The highest BCUT2D eigenvalue weighted by Crippen LogP contribution is 2.30. The van der Waals surface area contributed by atoms with E-state index >= 15 is 0 Å². The van der Waals surface area contributed by atoms with Gasteiger partial charge >= 0.3 is 0 Å². The van der Waals surface area contributed by atoms with Gasteiger partial charge < -0.3 is 14.2 Å². The van der Waals surface area contributed by atoms with Crippen molar-refractivity contribution in [2.45, 2.75) is 44.4 Å². The van der Waals surface area contributed by atoms with Crippen LogP contribution >= 0.6 is 0 Å². The molecule has 1 atom stereocenters. The summed E-state index contributed by atoms with van der Waals surface area (Å²) in [5.41, 5.74) is 1.21. The first-order chi connectivity index (χ1) is 16.3. The van der Waals surface area contributed by atoms with E-state index in [0.717, 1.165) is 37.2 Å². The van der Waals surface area contributed by atoms with Crippen LogP contribution in [0.25, 0.3) is 12.2 Å². The normalized spacial score (nSPS) is 20.7. The third kappa shape index (κ3) is 5.20. The molecule has 1 aromatic carbocycles. The molecule has 0 saturated carbocycles. The molecule has 0 radical (unpaired) electrons. The SMILES string of the molecule is COc1ccc(/C=C\c2onc(C)c2S(=O)(=O)N2CCC(C(=O)N3CCCC(C)C3)CC2)cc1. The summed E-state index contributed by atoms with van der Waals surface area (Å²) < 4.78 is 39.0. The van der Waals surface area contributed by atoms with Gasteiger partial charge in [0.15, 0.2) is 10.7 Å². The highest BCUT2D eigenvalue weighted by atomic mass is 32.2. The molecule has 184 valence electrons. The highest BCUT2D eigenvalue weighted by Gasteiger charge is 2.37. The first kappa shape index (κ1) is 24.5. The number of piperidine rings is 2. The van der Waals surface area contributed by atoms with Gasteiger partial charge in [0.25, 0.3) is 0 Å². The topological polar surface area (TPSA) is 93.0 Å². The van der Waals surface area contributed by atoms with Crippen molar-refractivity contribution in [1.29, 1.82) is 0 Å². The number of rotatable bonds is 6. The molecule has 3 heterocycles. The molecular formula is C25H33N3O5S. The highest BCUT2D eigenvalue weighted by molar-refractivity contribution is 7.89. The number of methoxy groups -OCH3 is 1. The molecule has 2 aromatic rings. The lowest BCUT2D eigenvalue weighted by molar-refractivity contribution is -0.138. The zero-order valence-electron chi connectivity index (χ0n) is 20.1. The Morgan fingerprint density at radius 1 is 1.12 bits per heavy atom. The Hall–Kier alpha value is -2.65. The third-order valence-corrected chi connectivity index (χ3v) is 8.80. The maximum atomic E-state index is 13.5. The fourth-order valence-corrected chi connectivity index (χ4v) is 6.53. The van der Waals surface area contributed by atoms with E-state index in [1.807, 2.05) is 29.2 Å². The molecular weight excluding hydrogens is 454 g/mol. The van der Waals surface area contributed by atoms with E-state index in [2.05, 4.69) is 12.1 Å². The van der Waals surface area contributed by atoms with Crippen molar-refractivity contribution in [3.05, 3.63) is 41.3 Å². The van der Waals surface area contributed by atoms with Crippen LogP contribution in [0.3, 0.4) is 0 Å². The van der Waals surface area contributed by atoms with Crippen molar-refractivity contribution >= 4 is 28.1 Å². The maximum Gasteiger partial charge on any atom is 0.248 e. The van der Waals surface area contributed by atoms with E-state index in [4.69, 9.17) is 9.26 Å². The minimum atomic E-state index is -3.80. The number of aryl methyl sites for hydroxylation is 1. The Labute approximate surface area is 201 Å². The van der Waals surface area contributed by atoms with Gasteiger partial charge in [-0.05, 0) is 62.3 Å². The van der Waals surface area contributed by atoms with Crippen molar-refractivity contribution in [1.82, 2.24) is 14.4 Å². The lowest BCUT2D eigenvalue weighted by Crippen LogP contribution is -2.47. The molecule has 2 fully saturated rings. The zero-order chi connectivity index (χ0) is 24.3. The molecule has 0 aliphatic carbocycles. The first-order valence-electron chi connectivity index (χ1n) is 11.9. The summed E-state index contributed by atoms with van der Waals surface area (Å²) in [7, 11) is -2.19. The van der Waals surface area contributed by atoms with Gasteiger partial charge in [-0.3, -0.25) is 4.79 Å². The fourth-order valence-electron chi connectivity index (χ4n) is 4.81. The van der Waals surface area contributed by atoms with Crippen molar-refractivity contribution in [3.63, 3.8) is 0 Å². The van der Waals surface area contributed by atoms with Gasteiger partial charge in [-0.1, -0.05) is 30.3 Å². The molecule has 0 bridgehead atoms. The molecule has 8 nitrogen and oxygen atoms in total. The molecule has 0 spiro atoms. The fraction of sp³-hybridized carbons (Fsp3) is 0.520. The van der Waals surface area contributed by atoms with E-state index in [9.17, 15) is 13.2 Å². The second-order valence-corrected chi connectivity index (χ2v) is 11.2. The van der Waals surface area contributed by atoms with Crippen LogP contribution in [0, 0.1) is 18.8 Å².